The second kappa shape index (κ2) is 10.2. The molecule has 5 aromatic rings. The number of hydrogen-bond donors (Lipinski definition) is 0. The SMILES string of the molecule is O=Cc1ccc(Oc2nc3c(c4ncccc24)n(C2CCCCC2)c(=O)n3Cc2ccc(Cl)c(Cl)c2)cc1. The van der Waals surface area contributed by atoms with E-state index in [4.69, 9.17) is 37.9 Å². The molecule has 1 fully saturated rings. The van der Waals surface area contributed by atoms with E-state index in [0.717, 1.165) is 37.5 Å². The molecular weight excluding hydrogens is 523 g/mol. The van der Waals surface area contributed by atoms with Crippen LogP contribution in [0.25, 0.3) is 22.1 Å². The highest BCUT2D eigenvalue weighted by Crippen LogP contribution is 2.36. The summed E-state index contributed by atoms with van der Waals surface area (Å²) in [6.07, 6.45) is 7.69. The minimum absolute atomic E-state index is 0.0727. The summed E-state index contributed by atoms with van der Waals surface area (Å²) in [5.74, 6) is 0.862. The Balaban J connectivity index is 1.58. The molecule has 3 heterocycles. The third kappa shape index (κ3) is 4.46. The first-order chi connectivity index (χ1) is 18.5. The van der Waals surface area contributed by atoms with Crippen LogP contribution in [0.15, 0.2) is 65.6 Å². The molecule has 1 aliphatic carbocycles. The zero-order valence-electron chi connectivity index (χ0n) is 20.4. The predicted octanol–water partition coefficient (Wildman–Crippen LogP) is 7.21. The second-order valence-corrected chi connectivity index (χ2v) is 10.4. The first-order valence-corrected chi connectivity index (χ1v) is 13.4. The first kappa shape index (κ1) is 24.6. The number of aldehydes is 1. The molecule has 3 aromatic heterocycles. The van der Waals surface area contributed by atoms with E-state index >= 15 is 0 Å². The predicted molar refractivity (Wildman–Crippen MR) is 149 cm³/mol. The first-order valence-electron chi connectivity index (χ1n) is 12.6. The van der Waals surface area contributed by atoms with Crippen LogP contribution in [0.2, 0.25) is 10.0 Å². The molecule has 2 aromatic carbocycles. The van der Waals surface area contributed by atoms with Crippen LogP contribution in [0.3, 0.4) is 0 Å². The highest BCUT2D eigenvalue weighted by molar-refractivity contribution is 6.42. The van der Waals surface area contributed by atoms with Crippen molar-refractivity contribution in [1.82, 2.24) is 19.1 Å². The molecule has 0 aliphatic heterocycles. The van der Waals surface area contributed by atoms with Crippen LogP contribution in [0.1, 0.15) is 54.1 Å². The molecule has 0 bridgehead atoms. The number of pyridine rings is 2. The number of aromatic nitrogens is 4. The molecule has 9 heteroatoms. The fourth-order valence-corrected chi connectivity index (χ4v) is 5.57. The van der Waals surface area contributed by atoms with E-state index in [1.54, 1.807) is 47.2 Å². The number of nitrogens with zero attached hydrogens (tertiary/aromatic N) is 4. The highest BCUT2D eigenvalue weighted by atomic mass is 35.5. The Morgan fingerprint density at radius 2 is 1.79 bits per heavy atom. The Morgan fingerprint density at radius 1 is 1.00 bits per heavy atom. The van der Waals surface area contributed by atoms with Gasteiger partial charge in [-0.05, 0) is 66.9 Å². The highest BCUT2D eigenvalue weighted by Gasteiger charge is 2.27. The lowest BCUT2D eigenvalue weighted by atomic mass is 9.95. The van der Waals surface area contributed by atoms with Gasteiger partial charge >= 0.3 is 5.69 Å². The monoisotopic (exact) mass is 546 g/mol. The van der Waals surface area contributed by atoms with E-state index in [1.165, 1.54) is 6.42 Å². The topological polar surface area (TPSA) is 79.0 Å². The van der Waals surface area contributed by atoms with E-state index in [2.05, 4.69) is 0 Å². The van der Waals surface area contributed by atoms with E-state index in [9.17, 15) is 9.59 Å². The minimum atomic E-state index is -0.134. The van der Waals surface area contributed by atoms with Crippen molar-refractivity contribution in [2.45, 2.75) is 44.7 Å². The molecule has 0 amide bonds. The van der Waals surface area contributed by atoms with Crippen LogP contribution in [-0.2, 0) is 6.54 Å². The summed E-state index contributed by atoms with van der Waals surface area (Å²) >= 11 is 12.4. The number of fused-ring (bicyclic) bond motifs is 3. The van der Waals surface area contributed by atoms with Gasteiger partial charge in [0.1, 0.15) is 23.1 Å². The summed E-state index contributed by atoms with van der Waals surface area (Å²) < 4.78 is 9.76. The maximum absolute atomic E-state index is 14.1. The van der Waals surface area contributed by atoms with E-state index in [1.807, 2.05) is 22.8 Å². The fourth-order valence-electron chi connectivity index (χ4n) is 5.25. The lowest BCUT2D eigenvalue weighted by molar-refractivity contribution is 0.112. The van der Waals surface area contributed by atoms with Gasteiger partial charge in [-0.2, -0.15) is 4.98 Å². The van der Waals surface area contributed by atoms with Gasteiger partial charge in [-0.1, -0.05) is 48.5 Å². The maximum atomic E-state index is 14.1. The quantitative estimate of drug-likeness (QED) is 0.210. The molecule has 1 aliphatic rings. The Hall–Kier alpha value is -3.68. The molecule has 0 radical (unpaired) electrons. The molecule has 1 saturated carbocycles. The molecule has 0 spiro atoms. The van der Waals surface area contributed by atoms with Gasteiger partial charge in [0.05, 0.1) is 22.0 Å². The van der Waals surface area contributed by atoms with Crippen molar-refractivity contribution in [2.75, 3.05) is 0 Å². The summed E-state index contributed by atoms with van der Waals surface area (Å²) in [4.78, 5) is 34.7. The second-order valence-electron chi connectivity index (χ2n) is 9.56. The number of hydrogen-bond acceptors (Lipinski definition) is 5. The summed E-state index contributed by atoms with van der Waals surface area (Å²) in [7, 11) is 0. The molecule has 38 heavy (non-hydrogen) atoms. The largest absolute Gasteiger partial charge is 0.438 e. The molecule has 0 N–H and O–H groups in total. The van der Waals surface area contributed by atoms with Gasteiger partial charge < -0.3 is 4.74 Å². The van der Waals surface area contributed by atoms with E-state index in [0.29, 0.717) is 49.3 Å². The number of imidazole rings is 1. The Bertz CT molecular complexity index is 1720. The van der Waals surface area contributed by atoms with Crippen molar-refractivity contribution in [2.24, 2.45) is 0 Å². The van der Waals surface area contributed by atoms with Gasteiger partial charge in [0.2, 0.25) is 5.88 Å². The van der Waals surface area contributed by atoms with E-state index in [-0.39, 0.29) is 18.3 Å². The van der Waals surface area contributed by atoms with Crippen LogP contribution >= 0.6 is 23.2 Å². The third-order valence-electron chi connectivity index (χ3n) is 7.11. The van der Waals surface area contributed by atoms with E-state index < -0.39 is 0 Å². The smallest absolute Gasteiger partial charge is 0.330 e. The van der Waals surface area contributed by atoms with Gasteiger partial charge in [0, 0.05) is 17.8 Å². The van der Waals surface area contributed by atoms with Gasteiger partial charge in [0.25, 0.3) is 0 Å². The normalized spacial score (nSPS) is 14.3. The van der Waals surface area contributed by atoms with Crippen molar-refractivity contribution in [3.63, 3.8) is 0 Å². The molecule has 192 valence electrons. The fraction of sp³-hybridized carbons (Fsp3) is 0.241. The molecule has 0 unspecified atom stereocenters. The summed E-state index contributed by atoms with van der Waals surface area (Å²) in [6, 6.07) is 15.9. The van der Waals surface area contributed by atoms with Gasteiger partial charge in [-0.3, -0.25) is 18.9 Å². The van der Waals surface area contributed by atoms with Gasteiger partial charge in [-0.15, -0.1) is 0 Å². The lowest BCUT2D eigenvalue weighted by Gasteiger charge is -2.23. The van der Waals surface area contributed by atoms with Crippen molar-refractivity contribution in [3.05, 3.63) is 92.5 Å². The van der Waals surface area contributed by atoms with Crippen LogP contribution in [0.4, 0.5) is 0 Å². The summed E-state index contributed by atoms with van der Waals surface area (Å²) in [6.45, 7) is 0.269. The summed E-state index contributed by atoms with van der Waals surface area (Å²) in [5, 5.41) is 1.59. The number of benzene rings is 2. The average molecular weight is 547 g/mol. The van der Waals surface area contributed by atoms with Crippen LogP contribution < -0.4 is 10.4 Å². The Kier molecular flexibility index (Phi) is 6.64. The standard InChI is InChI=1S/C29H24Cl2N4O3/c30-23-13-10-19(15-24(23)31)16-34-27-26(35(29(34)37)20-5-2-1-3-6-20)25-22(7-4-14-32-25)28(33-27)38-21-11-8-18(17-36)9-12-21/h4,7-15,17,20H,1-3,5-6,16H2. The van der Waals surface area contributed by atoms with Crippen molar-refractivity contribution in [1.29, 1.82) is 0 Å². The third-order valence-corrected chi connectivity index (χ3v) is 7.85. The van der Waals surface area contributed by atoms with Gasteiger partial charge in [0.15, 0.2) is 5.65 Å². The van der Waals surface area contributed by atoms with Gasteiger partial charge in [-0.25, -0.2) is 4.79 Å². The summed E-state index contributed by atoms with van der Waals surface area (Å²) in [5.41, 5.74) is 3.11. The molecular formula is C29H24Cl2N4O3. The Morgan fingerprint density at radius 3 is 2.53 bits per heavy atom. The van der Waals surface area contributed by atoms with Crippen LogP contribution in [0, 0.1) is 0 Å². The van der Waals surface area contributed by atoms with Crippen LogP contribution in [0.5, 0.6) is 11.6 Å². The Labute approximate surface area is 228 Å². The van der Waals surface area contributed by atoms with Crippen molar-refractivity contribution in [3.8, 4) is 11.6 Å². The molecule has 7 nitrogen and oxygen atoms in total. The minimum Gasteiger partial charge on any atom is -0.438 e. The molecule has 0 saturated heterocycles. The zero-order valence-corrected chi connectivity index (χ0v) is 22.0. The average Bonchev–Trinajstić information content (AvgIpc) is 3.22. The van der Waals surface area contributed by atoms with Crippen molar-refractivity contribution < 1.29 is 9.53 Å². The maximum Gasteiger partial charge on any atom is 0.330 e. The van der Waals surface area contributed by atoms with Crippen LogP contribution in [-0.4, -0.2) is 25.4 Å². The number of carbonyl (C=O) groups excluding carboxylic acids is 1. The number of rotatable bonds is 6. The molecule has 0 atom stereocenters. The zero-order chi connectivity index (χ0) is 26.2. The molecule has 6 rings (SSSR count). The number of carbonyl (C=O) groups is 1. The number of ether oxygens (including phenoxy) is 1. The lowest BCUT2D eigenvalue weighted by Crippen LogP contribution is -2.29. The number of halogens is 2. The van der Waals surface area contributed by atoms with Crippen molar-refractivity contribution >= 4 is 51.6 Å².